The van der Waals surface area contributed by atoms with E-state index in [2.05, 4.69) is 10.2 Å². The van der Waals surface area contributed by atoms with Gasteiger partial charge in [-0.1, -0.05) is 6.07 Å². The van der Waals surface area contributed by atoms with Crippen molar-refractivity contribution in [2.24, 2.45) is 0 Å². The van der Waals surface area contributed by atoms with Gasteiger partial charge in [0, 0.05) is 30.8 Å². The smallest absolute Gasteiger partial charge is 0.173 e. The highest BCUT2D eigenvalue weighted by Crippen LogP contribution is 2.21. The number of quaternary nitrogens is 1. The number of benzene rings is 1. The number of sulfone groups is 1. The molecule has 2 heterocycles. The fourth-order valence-electron chi connectivity index (χ4n) is 3.78. The van der Waals surface area contributed by atoms with E-state index in [1.807, 2.05) is 24.3 Å². The molecule has 0 unspecified atom stereocenters. The molecule has 0 saturated carbocycles. The van der Waals surface area contributed by atoms with Gasteiger partial charge in [-0.2, -0.15) is 0 Å². The second-order valence-electron chi connectivity index (χ2n) is 7.38. The van der Waals surface area contributed by atoms with Crippen LogP contribution >= 0.6 is 12.2 Å². The molecular formula is C19H30N3O4S2+. The minimum Gasteiger partial charge on any atom is -0.497 e. The number of morpholine rings is 1. The summed E-state index contributed by atoms with van der Waals surface area (Å²) in [5, 5.41) is 3.84. The molecule has 28 heavy (non-hydrogen) atoms. The van der Waals surface area contributed by atoms with E-state index in [-0.39, 0.29) is 17.5 Å². The van der Waals surface area contributed by atoms with E-state index in [1.54, 1.807) is 7.11 Å². The van der Waals surface area contributed by atoms with E-state index in [0.29, 0.717) is 11.5 Å². The summed E-state index contributed by atoms with van der Waals surface area (Å²) >= 11 is 5.67. The van der Waals surface area contributed by atoms with Gasteiger partial charge in [0.15, 0.2) is 14.9 Å². The lowest BCUT2D eigenvalue weighted by Crippen LogP contribution is -3.14. The second kappa shape index (κ2) is 9.87. The van der Waals surface area contributed by atoms with E-state index < -0.39 is 9.84 Å². The highest BCUT2D eigenvalue weighted by atomic mass is 32.2. The molecule has 2 N–H and O–H groups in total. The number of nitrogens with zero attached hydrogens (tertiary/aromatic N) is 1. The molecule has 0 aliphatic carbocycles. The summed E-state index contributed by atoms with van der Waals surface area (Å²) in [5.41, 5.74) is 0.842. The van der Waals surface area contributed by atoms with Crippen LogP contribution in [0.5, 0.6) is 5.75 Å². The standard InChI is InChI=1S/C19H29N3O4S2/c1-25-18-5-2-4-16(14-18)20-19(27)22(17-6-13-28(23,24)15-17)8-3-7-21-9-11-26-12-10-21/h2,4-5,14,17H,3,6-13,15H2,1H3,(H,20,27)/p+1/t17-/m0/s1. The van der Waals surface area contributed by atoms with Gasteiger partial charge in [0.1, 0.15) is 18.8 Å². The molecule has 0 bridgehead atoms. The van der Waals surface area contributed by atoms with E-state index in [0.717, 1.165) is 57.3 Å². The Morgan fingerprint density at radius 2 is 2.18 bits per heavy atom. The topological polar surface area (TPSA) is 72.3 Å². The van der Waals surface area contributed by atoms with Crippen LogP contribution in [0.2, 0.25) is 0 Å². The molecule has 1 aromatic rings. The Morgan fingerprint density at radius 1 is 1.39 bits per heavy atom. The third-order valence-corrected chi connectivity index (χ3v) is 7.45. The van der Waals surface area contributed by atoms with Gasteiger partial charge in [-0.3, -0.25) is 0 Å². The maximum absolute atomic E-state index is 12.0. The van der Waals surface area contributed by atoms with Gasteiger partial charge in [-0.15, -0.1) is 0 Å². The first kappa shape index (κ1) is 21.3. The zero-order valence-electron chi connectivity index (χ0n) is 16.4. The average molecular weight is 429 g/mol. The summed E-state index contributed by atoms with van der Waals surface area (Å²) in [6, 6.07) is 7.52. The Hall–Kier alpha value is -1.42. The van der Waals surface area contributed by atoms with Gasteiger partial charge in [0.05, 0.1) is 38.4 Å². The van der Waals surface area contributed by atoms with Crippen molar-refractivity contribution in [1.29, 1.82) is 0 Å². The van der Waals surface area contributed by atoms with Crippen LogP contribution in [0.3, 0.4) is 0 Å². The van der Waals surface area contributed by atoms with Gasteiger partial charge in [-0.05, 0) is 30.8 Å². The minimum absolute atomic E-state index is 0.0599. The number of anilines is 1. The number of nitrogens with one attached hydrogen (secondary N) is 2. The number of thiocarbonyl (C=S) groups is 1. The molecule has 2 aliphatic heterocycles. The molecule has 3 rings (SSSR count). The Bertz CT molecular complexity index is 766. The Balaban J connectivity index is 1.63. The van der Waals surface area contributed by atoms with Crippen LogP contribution in [0.25, 0.3) is 0 Å². The molecule has 2 aliphatic rings. The van der Waals surface area contributed by atoms with E-state index in [1.165, 1.54) is 4.90 Å². The van der Waals surface area contributed by atoms with Crippen molar-refractivity contribution >= 4 is 32.9 Å². The zero-order chi connectivity index (χ0) is 20.0. The maximum Gasteiger partial charge on any atom is 0.173 e. The molecule has 1 aromatic carbocycles. The molecule has 0 amide bonds. The predicted molar refractivity (Wildman–Crippen MR) is 114 cm³/mol. The van der Waals surface area contributed by atoms with Crippen molar-refractivity contribution < 1.29 is 22.8 Å². The van der Waals surface area contributed by atoms with E-state index in [9.17, 15) is 8.42 Å². The molecule has 2 fully saturated rings. The first-order chi connectivity index (χ1) is 13.5. The number of hydrogen-bond donors (Lipinski definition) is 2. The monoisotopic (exact) mass is 428 g/mol. The third-order valence-electron chi connectivity index (χ3n) is 5.36. The van der Waals surface area contributed by atoms with Gasteiger partial charge < -0.3 is 24.6 Å². The van der Waals surface area contributed by atoms with Gasteiger partial charge in [0.25, 0.3) is 0 Å². The third kappa shape index (κ3) is 6.04. The van der Waals surface area contributed by atoms with Crippen LogP contribution in [0, 0.1) is 0 Å². The quantitative estimate of drug-likeness (QED) is 0.601. The number of ether oxygens (including phenoxy) is 2. The summed E-state index contributed by atoms with van der Waals surface area (Å²) in [6.07, 6.45) is 1.60. The summed E-state index contributed by atoms with van der Waals surface area (Å²) in [4.78, 5) is 3.61. The summed E-state index contributed by atoms with van der Waals surface area (Å²) in [5.74, 6) is 1.17. The maximum atomic E-state index is 12.0. The fraction of sp³-hybridized carbons (Fsp3) is 0.632. The number of hydrogen-bond acceptors (Lipinski definition) is 5. The number of rotatable bonds is 7. The lowest BCUT2D eigenvalue weighted by molar-refractivity contribution is -0.908. The van der Waals surface area contributed by atoms with Gasteiger partial charge >= 0.3 is 0 Å². The minimum atomic E-state index is -2.97. The fourth-order valence-corrected chi connectivity index (χ4v) is 5.87. The van der Waals surface area contributed by atoms with Crippen LogP contribution in [0.1, 0.15) is 12.8 Å². The van der Waals surface area contributed by atoms with Gasteiger partial charge in [0.2, 0.25) is 0 Å². The summed E-state index contributed by atoms with van der Waals surface area (Å²) in [6.45, 7) is 5.49. The van der Waals surface area contributed by atoms with Crippen LogP contribution < -0.4 is 15.0 Å². The number of methoxy groups -OCH3 is 1. The molecule has 0 radical (unpaired) electrons. The normalized spacial score (nSPS) is 22.0. The van der Waals surface area contributed by atoms with Crippen LogP contribution in [0.4, 0.5) is 5.69 Å². The largest absolute Gasteiger partial charge is 0.497 e. The molecule has 0 aromatic heterocycles. The van der Waals surface area contributed by atoms with Gasteiger partial charge in [-0.25, -0.2) is 8.42 Å². The highest BCUT2D eigenvalue weighted by molar-refractivity contribution is 7.91. The predicted octanol–water partition coefficient (Wildman–Crippen LogP) is 0.186. The van der Waals surface area contributed by atoms with Crippen molar-refractivity contribution in [2.45, 2.75) is 18.9 Å². The van der Waals surface area contributed by atoms with Crippen LogP contribution in [0.15, 0.2) is 24.3 Å². The molecule has 1 atom stereocenters. The Morgan fingerprint density at radius 3 is 2.86 bits per heavy atom. The van der Waals surface area contributed by atoms with Crippen molar-refractivity contribution in [1.82, 2.24) is 4.90 Å². The lowest BCUT2D eigenvalue weighted by atomic mass is 10.2. The molecule has 156 valence electrons. The lowest BCUT2D eigenvalue weighted by Gasteiger charge is -2.32. The van der Waals surface area contributed by atoms with Crippen LogP contribution in [-0.2, 0) is 14.6 Å². The highest BCUT2D eigenvalue weighted by Gasteiger charge is 2.33. The first-order valence-electron chi connectivity index (χ1n) is 9.80. The zero-order valence-corrected chi connectivity index (χ0v) is 18.0. The molecular weight excluding hydrogens is 398 g/mol. The SMILES string of the molecule is COc1cccc(NC(=S)N(CCC[NH+]2CCOCC2)[C@H]2CCS(=O)(=O)C2)c1. The first-order valence-corrected chi connectivity index (χ1v) is 12.0. The van der Waals surface area contributed by atoms with Crippen molar-refractivity contribution in [3.05, 3.63) is 24.3 Å². The van der Waals surface area contributed by atoms with Crippen LogP contribution in [-0.4, -0.2) is 82.5 Å². The molecule has 2 saturated heterocycles. The summed E-state index contributed by atoms with van der Waals surface area (Å²) < 4.78 is 34.7. The van der Waals surface area contributed by atoms with Crippen molar-refractivity contribution in [3.8, 4) is 5.75 Å². The van der Waals surface area contributed by atoms with Crippen molar-refractivity contribution in [2.75, 3.05) is 63.3 Å². The second-order valence-corrected chi connectivity index (χ2v) is 9.99. The molecule has 9 heteroatoms. The molecule has 0 spiro atoms. The molecule has 7 nitrogen and oxygen atoms in total. The Labute approximate surface area is 172 Å². The summed E-state index contributed by atoms with van der Waals surface area (Å²) in [7, 11) is -1.35. The average Bonchev–Trinajstić information content (AvgIpc) is 3.05. The van der Waals surface area contributed by atoms with E-state index >= 15 is 0 Å². The van der Waals surface area contributed by atoms with Crippen molar-refractivity contribution in [3.63, 3.8) is 0 Å². The van der Waals surface area contributed by atoms with E-state index in [4.69, 9.17) is 21.7 Å². The Kier molecular flexibility index (Phi) is 7.50.